The van der Waals surface area contributed by atoms with Gasteiger partial charge in [-0.15, -0.1) is 11.6 Å². The lowest BCUT2D eigenvalue weighted by Crippen LogP contribution is -2.01. The van der Waals surface area contributed by atoms with Crippen molar-refractivity contribution in [2.24, 2.45) is 0 Å². The van der Waals surface area contributed by atoms with Crippen LogP contribution in [0.2, 0.25) is 0 Å². The normalized spacial score (nSPS) is 12.8. The second-order valence-electron chi connectivity index (χ2n) is 2.54. The average Bonchev–Trinajstić information content (AvgIpc) is 2.15. The van der Waals surface area contributed by atoms with Gasteiger partial charge in [0.05, 0.1) is 12.0 Å². The van der Waals surface area contributed by atoms with Gasteiger partial charge in [0, 0.05) is 6.61 Å². The van der Waals surface area contributed by atoms with Crippen molar-refractivity contribution in [1.82, 2.24) is 0 Å². The maximum atomic E-state index is 6.06. The predicted molar refractivity (Wildman–Crippen MR) is 51.5 cm³/mol. The smallest absolute Gasteiger partial charge is 0.0819 e. The second kappa shape index (κ2) is 5.18. The van der Waals surface area contributed by atoms with Crippen molar-refractivity contribution in [2.45, 2.75) is 12.3 Å². The molecular weight excluding hydrogens is 172 g/mol. The maximum absolute atomic E-state index is 6.06. The molecular formula is C10H13ClO. The van der Waals surface area contributed by atoms with Gasteiger partial charge in [0.1, 0.15) is 0 Å². The largest absolute Gasteiger partial charge is 0.380 e. The molecule has 0 saturated carbocycles. The lowest BCUT2D eigenvalue weighted by Gasteiger charge is -2.08. The zero-order chi connectivity index (χ0) is 8.81. The molecule has 1 unspecified atom stereocenters. The highest BCUT2D eigenvalue weighted by atomic mass is 35.5. The molecule has 0 aliphatic carbocycles. The van der Waals surface area contributed by atoms with E-state index < -0.39 is 0 Å². The van der Waals surface area contributed by atoms with Gasteiger partial charge in [0.2, 0.25) is 0 Å². The Morgan fingerprint density at radius 2 is 2.00 bits per heavy atom. The van der Waals surface area contributed by atoms with Gasteiger partial charge >= 0.3 is 0 Å². The van der Waals surface area contributed by atoms with Crippen molar-refractivity contribution < 1.29 is 4.74 Å². The van der Waals surface area contributed by atoms with Gasteiger partial charge in [-0.25, -0.2) is 0 Å². The summed E-state index contributed by atoms with van der Waals surface area (Å²) < 4.78 is 5.22. The standard InChI is InChI=1S/C10H13ClO/c1-2-12-8-10(11)9-6-4-3-5-7-9/h3-7,10H,2,8H2,1H3. The number of ether oxygens (including phenoxy) is 1. The second-order valence-corrected chi connectivity index (χ2v) is 3.06. The van der Waals surface area contributed by atoms with Crippen LogP contribution >= 0.6 is 11.6 Å². The lowest BCUT2D eigenvalue weighted by molar-refractivity contribution is 0.148. The minimum atomic E-state index is -0.0221. The first kappa shape index (κ1) is 9.56. The van der Waals surface area contributed by atoms with Gasteiger partial charge in [0.25, 0.3) is 0 Å². The average molecular weight is 185 g/mol. The van der Waals surface area contributed by atoms with Crippen LogP contribution in [0.15, 0.2) is 30.3 Å². The van der Waals surface area contributed by atoms with E-state index in [9.17, 15) is 0 Å². The summed E-state index contributed by atoms with van der Waals surface area (Å²) >= 11 is 6.06. The highest BCUT2D eigenvalue weighted by Crippen LogP contribution is 2.19. The topological polar surface area (TPSA) is 9.23 Å². The summed E-state index contributed by atoms with van der Waals surface area (Å²) in [5.41, 5.74) is 1.12. The van der Waals surface area contributed by atoms with Crippen LogP contribution in [0.25, 0.3) is 0 Å². The van der Waals surface area contributed by atoms with Crippen LogP contribution in [-0.4, -0.2) is 13.2 Å². The lowest BCUT2D eigenvalue weighted by atomic mass is 10.2. The Balaban J connectivity index is 2.48. The van der Waals surface area contributed by atoms with Crippen molar-refractivity contribution >= 4 is 11.6 Å². The minimum absolute atomic E-state index is 0.0221. The Hall–Kier alpha value is -0.530. The summed E-state index contributed by atoms with van der Waals surface area (Å²) in [6, 6.07) is 9.97. The van der Waals surface area contributed by atoms with E-state index in [1.165, 1.54) is 0 Å². The third-order valence-corrected chi connectivity index (χ3v) is 2.01. The fourth-order valence-corrected chi connectivity index (χ4v) is 1.21. The van der Waals surface area contributed by atoms with E-state index in [1.54, 1.807) is 0 Å². The van der Waals surface area contributed by atoms with Crippen molar-refractivity contribution in [1.29, 1.82) is 0 Å². The van der Waals surface area contributed by atoms with Crippen LogP contribution in [0, 0.1) is 0 Å². The summed E-state index contributed by atoms with van der Waals surface area (Å²) in [7, 11) is 0. The molecule has 1 atom stereocenters. The fraction of sp³-hybridized carbons (Fsp3) is 0.400. The van der Waals surface area contributed by atoms with Gasteiger partial charge in [-0.1, -0.05) is 30.3 Å². The molecule has 0 aromatic heterocycles. The zero-order valence-electron chi connectivity index (χ0n) is 7.16. The van der Waals surface area contributed by atoms with E-state index in [1.807, 2.05) is 37.3 Å². The molecule has 66 valence electrons. The van der Waals surface area contributed by atoms with Crippen molar-refractivity contribution in [3.05, 3.63) is 35.9 Å². The number of hydrogen-bond acceptors (Lipinski definition) is 1. The van der Waals surface area contributed by atoms with Gasteiger partial charge in [0.15, 0.2) is 0 Å². The molecule has 0 aliphatic heterocycles. The molecule has 1 nitrogen and oxygen atoms in total. The van der Waals surface area contributed by atoms with Crippen molar-refractivity contribution in [3.63, 3.8) is 0 Å². The van der Waals surface area contributed by atoms with Gasteiger partial charge in [-0.3, -0.25) is 0 Å². The number of hydrogen-bond donors (Lipinski definition) is 0. The summed E-state index contributed by atoms with van der Waals surface area (Å²) in [5.74, 6) is 0. The minimum Gasteiger partial charge on any atom is -0.380 e. The molecule has 2 heteroatoms. The Morgan fingerprint density at radius 1 is 1.33 bits per heavy atom. The first-order chi connectivity index (χ1) is 5.84. The maximum Gasteiger partial charge on any atom is 0.0819 e. The number of rotatable bonds is 4. The van der Waals surface area contributed by atoms with Crippen molar-refractivity contribution in [2.75, 3.05) is 13.2 Å². The van der Waals surface area contributed by atoms with Gasteiger partial charge in [-0.2, -0.15) is 0 Å². The van der Waals surface area contributed by atoms with Crippen LogP contribution in [-0.2, 0) is 4.74 Å². The van der Waals surface area contributed by atoms with Crippen LogP contribution in [0.3, 0.4) is 0 Å². The number of halogens is 1. The molecule has 1 aromatic carbocycles. The Labute approximate surface area is 78.3 Å². The highest BCUT2D eigenvalue weighted by Gasteiger charge is 2.05. The van der Waals surface area contributed by atoms with Crippen LogP contribution in [0.1, 0.15) is 17.9 Å². The Kier molecular flexibility index (Phi) is 4.12. The molecule has 0 spiro atoms. The van der Waals surface area contributed by atoms with E-state index in [0.29, 0.717) is 6.61 Å². The molecule has 0 bridgehead atoms. The van der Waals surface area contributed by atoms with Crippen LogP contribution in [0.5, 0.6) is 0 Å². The molecule has 1 aromatic rings. The van der Waals surface area contributed by atoms with Gasteiger partial charge in [-0.05, 0) is 12.5 Å². The predicted octanol–water partition coefficient (Wildman–Crippen LogP) is 3.00. The summed E-state index contributed by atoms with van der Waals surface area (Å²) in [5, 5.41) is -0.0221. The van der Waals surface area contributed by atoms with Crippen LogP contribution < -0.4 is 0 Å². The van der Waals surface area contributed by atoms with E-state index in [0.717, 1.165) is 12.2 Å². The van der Waals surface area contributed by atoms with Crippen molar-refractivity contribution in [3.8, 4) is 0 Å². The summed E-state index contributed by atoms with van der Waals surface area (Å²) in [6.45, 7) is 3.27. The monoisotopic (exact) mass is 184 g/mol. The summed E-state index contributed by atoms with van der Waals surface area (Å²) in [6.07, 6.45) is 0. The third-order valence-electron chi connectivity index (χ3n) is 1.63. The Bertz CT molecular complexity index is 210. The van der Waals surface area contributed by atoms with Crippen LogP contribution in [0.4, 0.5) is 0 Å². The number of benzene rings is 1. The summed E-state index contributed by atoms with van der Waals surface area (Å²) in [4.78, 5) is 0. The third kappa shape index (κ3) is 2.84. The highest BCUT2D eigenvalue weighted by molar-refractivity contribution is 6.20. The molecule has 0 aliphatic rings. The molecule has 1 rings (SSSR count). The molecule has 0 heterocycles. The molecule has 0 N–H and O–H groups in total. The fourth-order valence-electron chi connectivity index (χ4n) is 0.979. The number of alkyl halides is 1. The first-order valence-corrected chi connectivity index (χ1v) is 4.55. The molecule has 0 fully saturated rings. The molecule has 12 heavy (non-hydrogen) atoms. The molecule has 0 saturated heterocycles. The van der Waals surface area contributed by atoms with E-state index in [2.05, 4.69) is 0 Å². The van der Waals surface area contributed by atoms with E-state index >= 15 is 0 Å². The first-order valence-electron chi connectivity index (χ1n) is 4.11. The van der Waals surface area contributed by atoms with Gasteiger partial charge < -0.3 is 4.74 Å². The SMILES string of the molecule is CCOCC(Cl)c1ccccc1. The van der Waals surface area contributed by atoms with E-state index in [-0.39, 0.29) is 5.38 Å². The zero-order valence-corrected chi connectivity index (χ0v) is 7.92. The molecule has 0 radical (unpaired) electrons. The Morgan fingerprint density at radius 3 is 2.58 bits per heavy atom. The molecule has 0 amide bonds. The quantitative estimate of drug-likeness (QED) is 0.654. The van der Waals surface area contributed by atoms with E-state index in [4.69, 9.17) is 16.3 Å².